The van der Waals surface area contributed by atoms with E-state index in [1.807, 2.05) is 29.6 Å². The zero-order valence-corrected chi connectivity index (χ0v) is 18.8. The number of thiophene rings is 1. The summed E-state index contributed by atoms with van der Waals surface area (Å²) in [4.78, 5) is 24.7. The lowest BCUT2D eigenvalue weighted by Gasteiger charge is -2.10. The van der Waals surface area contributed by atoms with Gasteiger partial charge in [0.1, 0.15) is 0 Å². The summed E-state index contributed by atoms with van der Waals surface area (Å²) in [6.45, 7) is 0.507. The summed E-state index contributed by atoms with van der Waals surface area (Å²) < 4.78 is 11.1. The van der Waals surface area contributed by atoms with Gasteiger partial charge in [-0.1, -0.05) is 35.2 Å². The van der Waals surface area contributed by atoms with Gasteiger partial charge in [-0.05, 0) is 35.6 Å². The Kier molecular flexibility index (Phi) is 8.05. The van der Waals surface area contributed by atoms with Crippen LogP contribution in [0.1, 0.15) is 15.2 Å². The first kappa shape index (κ1) is 22.1. The van der Waals surface area contributed by atoms with Crippen LogP contribution in [0.15, 0.2) is 40.1 Å². The fourth-order valence-electron chi connectivity index (χ4n) is 2.45. The van der Waals surface area contributed by atoms with Crippen molar-refractivity contribution in [3.05, 3.63) is 46.2 Å². The summed E-state index contributed by atoms with van der Waals surface area (Å²) >= 11 is 3.87. The van der Waals surface area contributed by atoms with Crippen LogP contribution < -0.4 is 20.1 Å². The van der Waals surface area contributed by atoms with Crippen LogP contribution in [0.3, 0.4) is 0 Å². The lowest BCUT2D eigenvalue weighted by molar-refractivity contribution is -0.118. The molecule has 0 atom stereocenters. The second-order valence-corrected chi connectivity index (χ2v) is 9.03. The van der Waals surface area contributed by atoms with Crippen LogP contribution in [-0.4, -0.2) is 48.5 Å². The maximum atomic E-state index is 12.1. The molecule has 1 aromatic carbocycles. The van der Waals surface area contributed by atoms with Crippen LogP contribution in [-0.2, 0) is 11.2 Å². The Morgan fingerprint density at radius 1 is 1.13 bits per heavy atom. The van der Waals surface area contributed by atoms with E-state index in [1.54, 1.807) is 20.3 Å². The number of ether oxygens (including phenoxy) is 2. The van der Waals surface area contributed by atoms with Gasteiger partial charge in [0.2, 0.25) is 11.0 Å². The van der Waals surface area contributed by atoms with Gasteiger partial charge in [0.15, 0.2) is 15.8 Å². The average molecular weight is 465 g/mol. The topological polar surface area (TPSA) is 102 Å². The van der Waals surface area contributed by atoms with E-state index < -0.39 is 0 Å². The number of anilines is 1. The molecule has 0 unspecified atom stereocenters. The van der Waals surface area contributed by atoms with Gasteiger partial charge in [-0.25, -0.2) is 0 Å². The van der Waals surface area contributed by atoms with Crippen LogP contribution in [0.2, 0.25) is 0 Å². The maximum Gasteiger partial charge on any atom is 0.267 e. The van der Waals surface area contributed by atoms with Crippen LogP contribution in [0.5, 0.6) is 11.5 Å². The third kappa shape index (κ3) is 6.18. The third-order valence-corrected chi connectivity index (χ3v) is 6.72. The first-order chi connectivity index (χ1) is 14.6. The molecule has 0 aliphatic carbocycles. The number of methoxy groups -OCH3 is 2. The molecule has 0 saturated heterocycles. The molecule has 0 bridgehead atoms. The first-order valence-electron chi connectivity index (χ1n) is 8.88. The number of rotatable bonds is 10. The molecular weight excluding hydrogens is 444 g/mol. The van der Waals surface area contributed by atoms with Gasteiger partial charge >= 0.3 is 0 Å². The van der Waals surface area contributed by atoms with Crippen LogP contribution >= 0.6 is 34.4 Å². The van der Waals surface area contributed by atoms with E-state index in [-0.39, 0.29) is 17.6 Å². The van der Waals surface area contributed by atoms with E-state index >= 15 is 0 Å². The lowest BCUT2D eigenvalue weighted by atomic mass is 10.1. The molecule has 0 aliphatic rings. The van der Waals surface area contributed by atoms with E-state index in [1.165, 1.54) is 34.4 Å². The Morgan fingerprint density at radius 2 is 1.97 bits per heavy atom. The highest BCUT2D eigenvalue weighted by molar-refractivity contribution is 8.01. The molecule has 2 amide bonds. The van der Waals surface area contributed by atoms with Crippen molar-refractivity contribution >= 4 is 51.4 Å². The number of hydrogen-bond acceptors (Lipinski definition) is 9. The molecule has 158 valence electrons. The van der Waals surface area contributed by atoms with Gasteiger partial charge < -0.3 is 14.8 Å². The molecule has 3 aromatic rings. The lowest BCUT2D eigenvalue weighted by Crippen LogP contribution is -2.27. The molecule has 0 spiro atoms. The van der Waals surface area contributed by atoms with Crippen molar-refractivity contribution in [1.29, 1.82) is 0 Å². The zero-order chi connectivity index (χ0) is 21.3. The Bertz CT molecular complexity index is 992. The minimum atomic E-state index is -0.217. The van der Waals surface area contributed by atoms with E-state index in [0.29, 0.717) is 38.8 Å². The van der Waals surface area contributed by atoms with Crippen molar-refractivity contribution < 1.29 is 19.1 Å². The van der Waals surface area contributed by atoms with Gasteiger partial charge in [-0.15, -0.1) is 21.5 Å². The molecular formula is C19H20N4O4S3. The molecule has 2 N–H and O–H groups in total. The van der Waals surface area contributed by atoms with Crippen molar-refractivity contribution in [2.24, 2.45) is 0 Å². The maximum absolute atomic E-state index is 12.1. The molecule has 0 saturated carbocycles. The molecule has 30 heavy (non-hydrogen) atoms. The summed E-state index contributed by atoms with van der Waals surface area (Å²) in [5.74, 6) is 1.24. The number of amides is 2. The highest BCUT2D eigenvalue weighted by Gasteiger charge is 2.12. The first-order valence-corrected chi connectivity index (χ1v) is 11.6. The van der Waals surface area contributed by atoms with Crippen molar-refractivity contribution in [3.63, 3.8) is 0 Å². The summed E-state index contributed by atoms with van der Waals surface area (Å²) in [7, 11) is 3.18. The minimum Gasteiger partial charge on any atom is -0.493 e. The van der Waals surface area contributed by atoms with Crippen molar-refractivity contribution in [1.82, 2.24) is 15.5 Å². The van der Waals surface area contributed by atoms with Gasteiger partial charge in [-0.3, -0.25) is 14.9 Å². The summed E-state index contributed by atoms with van der Waals surface area (Å²) in [5.41, 5.74) is 1.04. The smallest absolute Gasteiger partial charge is 0.267 e. The number of nitrogens with one attached hydrogen (secondary N) is 2. The number of nitrogens with zero attached hydrogens (tertiary/aromatic N) is 2. The summed E-state index contributed by atoms with van der Waals surface area (Å²) in [6.07, 6.45) is 0.675. The van der Waals surface area contributed by atoms with E-state index in [0.717, 1.165) is 5.56 Å². The Balaban J connectivity index is 1.40. The van der Waals surface area contributed by atoms with Crippen LogP contribution in [0, 0.1) is 0 Å². The summed E-state index contributed by atoms with van der Waals surface area (Å²) in [6, 6.07) is 9.23. The molecule has 0 fully saturated rings. The van der Waals surface area contributed by atoms with Crippen LogP contribution in [0.4, 0.5) is 5.13 Å². The number of aromatic nitrogens is 2. The monoisotopic (exact) mass is 464 g/mol. The predicted octanol–water partition coefficient (Wildman–Crippen LogP) is 3.32. The normalized spacial score (nSPS) is 10.5. The zero-order valence-electron chi connectivity index (χ0n) is 16.3. The highest BCUT2D eigenvalue weighted by Crippen LogP contribution is 2.28. The van der Waals surface area contributed by atoms with Gasteiger partial charge in [0.25, 0.3) is 5.91 Å². The Labute approximate surface area is 186 Å². The summed E-state index contributed by atoms with van der Waals surface area (Å²) in [5, 5.41) is 15.8. The second kappa shape index (κ2) is 11.0. The van der Waals surface area contributed by atoms with Crippen LogP contribution in [0.25, 0.3) is 0 Å². The average Bonchev–Trinajstić information content (AvgIpc) is 3.44. The quantitative estimate of drug-likeness (QED) is 0.350. The third-order valence-electron chi connectivity index (χ3n) is 3.88. The number of carbonyl (C=O) groups is 2. The fourth-order valence-corrected chi connectivity index (χ4v) is 4.64. The number of carbonyl (C=O) groups excluding carboxylic acids is 2. The number of thioether (sulfide) groups is 1. The SMILES string of the molecule is COc1ccc(CCNC(=O)CSc2nnc(NC(=O)c3cccs3)s2)cc1OC. The van der Waals surface area contributed by atoms with Gasteiger partial charge in [0, 0.05) is 6.54 Å². The molecule has 0 radical (unpaired) electrons. The van der Waals surface area contributed by atoms with Gasteiger partial charge in [0.05, 0.1) is 24.8 Å². The van der Waals surface area contributed by atoms with E-state index in [9.17, 15) is 9.59 Å². The minimum absolute atomic E-state index is 0.0974. The molecule has 8 nitrogen and oxygen atoms in total. The van der Waals surface area contributed by atoms with Crippen molar-refractivity contribution in [2.75, 3.05) is 31.8 Å². The second-order valence-electron chi connectivity index (χ2n) is 5.88. The van der Waals surface area contributed by atoms with Gasteiger partial charge in [-0.2, -0.15) is 0 Å². The molecule has 2 aromatic heterocycles. The standard InChI is InChI=1S/C19H20N4O4S3/c1-26-13-6-5-12(10-14(13)27-2)7-8-20-16(24)11-29-19-23-22-18(30-19)21-17(25)15-4-3-9-28-15/h3-6,9-10H,7-8,11H2,1-2H3,(H,20,24)(H,21,22,25). The number of benzene rings is 1. The predicted molar refractivity (Wildman–Crippen MR) is 119 cm³/mol. The van der Waals surface area contributed by atoms with Crippen molar-refractivity contribution in [3.8, 4) is 11.5 Å². The molecule has 3 rings (SSSR count). The van der Waals surface area contributed by atoms with Crippen molar-refractivity contribution in [2.45, 2.75) is 10.8 Å². The molecule has 0 aliphatic heterocycles. The Morgan fingerprint density at radius 3 is 2.70 bits per heavy atom. The fraction of sp³-hybridized carbons (Fsp3) is 0.263. The highest BCUT2D eigenvalue weighted by atomic mass is 32.2. The van der Waals surface area contributed by atoms with E-state index in [2.05, 4.69) is 20.8 Å². The molecule has 2 heterocycles. The largest absolute Gasteiger partial charge is 0.493 e. The molecule has 11 heteroatoms. The number of hydrogen-bond donors (Lipinski definition) is 2. The van der Waals surface area contributed by atoms with E-state index in [4.69, 9.17) is 9.47 Å². The Hall–Kier alpha value is -2.63.